The third kappa shape index (κ3) is 7.22. The molecule has 1 aromatic rings. The fraction of sp³-hybridized carbons (Fsp3) is 0.357. The lowest BCUT2D eigenvalue weighted by molar-refractivity contribution is -0.404. The molecular formula is C14H18N4O2S. The first-order valence-electron chi connectivity index (χ1n) is 6.38. The van der Waals surface area contributed by atoms with E-state index in [1.54, 1.807) is 18.0 Å². The summed E-state index contributed by atoms with van der Waals surface area (Å²) in [6, 6.07) is 3.94. The number of terminal acetylenes is 1. The van der Waals surface area contributed by atoms with Gasteiger partial charge >= 0.3 is 0 Å². The molecule has 7 heteroatoms. The molecule has 0 aromatic carbocycles. The summed E-state index contributed by atoms with van der Waals surface area (Å²) >= 11 is 1.72. The van der Waals surface area contributed by atoms with Gasteiger partial charge in [-0.1, -0.05) is 12.0 Å². The van der Waals surface area contributed by atoms with E-state index in [0.29, 0.717) is 12.4 Å². The molecule has 0 saturated heterocycles. The van der Waals surface area contributed by atoms with Crippen LogP contribution in [0.5, 0.6) is 0 Å². The van der Waals surface area contributed by atoms with Gasteiger partial charge in [-0.3, -0.25) is 15.1 Å². The summed E-state index contributed by atoms with van der Waals surface area (Å²) in [5.74, 6) is 4.33. The maximum absolute atomic E-state index is 10.5. The van der Waals surface area contributed by atoms with E-state index in [4.69, 9.17) is 6.42 Å². The van der Waals surface area contributed by atoms with Gasteiger partial charge < -0.3 is 10.6 Å². The van der Waals surface area contributed by atoms with Gasteiger partial charge in [0.25, 0.3) is 6.20 Å². The van der Waals surface area contributed by atoms with E-state index in [1.807, 2.05) is 19.1 Å². The van der Waals surface area contributed by atoms with Crippen molar-refractivity contribution in [2.45, 2.75) is 12.7 Å². The number of rotatable bonds is 9. The topological polar surface area (TPSA) is 80.1 Å². The molecule has 0 saturated carbocycles. The Kier molecular flexibility index (Phi) is 7.76. The van der Waals surface area contributed by atoms with Crippen LogP contribution in [0.1, 0.15) is 11.3 Å². The Labute approximate surface area is 128 Å². The van der Waals surface area contributed by atoms with Crippen LogP contribution in [-0.2, 0) is 5.75 Å². The Hall–Kier alpha value is -2.20. The van der Waals surface area contributed by atoms with Crippen molar-refractivity contribution in [1.29, 1.82) is 0 Å². The minimum absolute atomic E-state index is 0.243. The summed E-state index contributed by atoms with van der Waals surface area (Å²) < 4.78 is 0. The summed E-state index contributed by atoms with van der Waals surface area (Å²) in [4.78, 5) is 14.3. The maximum atomic E-state index is 10.5. The van der Waals surface area contributed by atoms with Gasteiger partial charge in [-0.15, -0.1) is 6.42 Å². The Bertz CT molecular complexity index is 540. The molecule has 0 radical (unpaired) electrons. The second-order valence-electron chi connectivity index (χ2n) is 4.13. The minimum Gasteiger partial charge on any atom is -0.366 e. The van der Waals surface area contributed by atoms with Crippen LogP contribution < -0.4 is 10.6 Å². The molecule has 6 nitrogen and oxygen atoms in total. The third-order valence-electron chi connectivity index (χ3n) is 2.53. The highest BCUT2D eigenvalue weighted by atomic mass is 32.2. The number of pyridine rings is 1. The predicted molar refractivity (Wildman–Crippen MR) is 85.1 cm³/mol. The lowest BCUT2D eigenvalue weighted by Crippen LogP contribution is -2.29. The second-order valence-corrected chi connectivity index (χ2v) is 5.24. The monoisotopic (exact) mass is 306 g/mol. The van der Waals surface area contributed by atoms with E-state index in [2.05, 4.69) is 21.5 Å². The molecule has 1 heterocycles. The number of thioether (sulfide) groups is 1. The zero-order valence-electron chi connectivity index (χ0n) is 11.8. The van der Waals surface area contributed by atoms with Gasteiger partial charge in [0, 0.05) is 24.2 Å². The summed E-state index contributed by atoms with van der Waals surface area (Å²) in [7, 11) is 0. The molecule has 0 fully saturated rings. The van der Waals surface area contributed by atoms with E-state index in [-0.39, 0.29) is 6.54 Å². The SMILES string of the molecule is C#CCNC(=C[N+](=O)[O-])NCCSCc1ncccc1C. The minimum atomic E-state index is -0.518. The van der Waals surface area contributed by atoms with Crippen molar-refractivity contribution in [1.82, 2.24) is 15.6 Å². The molecule has 112 valence electrons. The number of aryl methyl sites for hydroxylation is 1. The van der Waals surface area contributed by atoms with Crippen LogP contribution in [0.15, 0.2) is 30.4 Å². The van der Waals surface area contributed by atoms with Gasteiger partial charge in [0.15, 0.2) is 5.82 Å². The molecular weight excluding hydrogens is 288 g/mol. The van der Waals surface area contributed by atoms with Crippen LogP contribution in [-0.4, -0.2) is 28.7 Å². The standard InChI is InChI=1S/C14H18N4O2S/c1-3-6-16-14(10-18(19)20)17-8-9-21-11-13-12(2)5-4-7-15-13/h1,4-5,7,10,16-17H,6,8-9,11H2,2H3. The first kappa shape index (κ1) is 16.9. The molecule has 1 aromatic heterocycles. The van der Waals surface area contributed by atoms with Crippen molar-refractivity contribution in [3.05, 3.63) is 51.7 Å². The normalized spacial score (nSPS) is 10.8. The highest BCUT2D eigenvalue weighted by molar-refractivity contribution is 7.98. The Morgan fingerprint density at radius 2 is 2.43 bits per heavy atom. The molecule has 0 atom stereocenters. The molecule has 2 N–H and O–H groups in total. The first-order valence-corrected chi connectivity index (χ1v) is 7.53. The van der Waals surface area contributed by atoms with E-state index in [1.165, 1.54) is 5.56 Å². The van der Waals surface area contributed by atoms with E-state index in [0.717, 1.165) is 23.4 Å². The highest BCUT2D eigenvalue weighted by Gasteiger charge is 2.02. The smallest absolute Gasteiger partial charge is 0.274 e. The molecule has 0 aliphatic rings. The highest BCUT2D eigenvalue weighted by Crippen LogP contribution is 2.12. The van der Waals surface area contributed by atoms with Crippen LogP contribution in [0.3, 0.4) is 0 Å². The molecule has 0 bridgehead atoms. The van der Waals surface area contributed by atoms with Crippen molar-refractivity contribution in [3.8, 4) is 12.3 Å². The molecule has 0 aliphatic heterocycles. The molecule has 0 spiro atoms. The van der Waals surface area contributed by atoms with Gasteiger partial charge in [-0.2, -0.15) is 11.8 Å². The van der Waals surface area contributed by atoms with Crippen molar-refractivity contribution in [2.24, 2.45) is 0 Å². The molecule has 0 amide bonds. The fourth-order valence-corrected chi connectivity index (χ4v) is 2.39. The Balaban J connectivity index is 2.30. The van der Waals surface area contributed by atoms with Crippen molar-refractivity contribution in [3.63, 3.8) is 0 Å². The quantitative estimate of drug-likeness (QED) is 0.311. The van der Waals surface area contributed by atoms with Gasteiger partial charge in [0.1, 0.15) is 0 Å². The van der Waals surface area contributed by atoms with Gasteiger partial charge in [-0.25, -0.2) is 0 Å². The first-order chi connectivity index (χ1) is 10.1. The average Bonchev–Trinajstić information content (AvgIpc) is 2.45. The number of hydrogen-bond donors (Lipinski definition) is 2. The lowest BCUT2D eigenvalue weighted by Gasteiger charge is -2.09. The van der Waals surface area contributed by atoms with Gasteiger partial charge in [0.05, 0.1) is 17.2 Å². The summed E-state index contributed by atoms with van der Waals surface area (Å²) in [6.45, 7) is 2.88. The van der Waals surface area contributed by atoms with E-state index in [9.17, 15) is 10.1 Å². The van der Waals surface area contributed by atoms with Crippen LogP contribution in [0.25, 0.3) is 0 Å². The predicted octanol–water partition coefficient (Wildman–Crippen LogP) is 1.51. The summed E-state index contributed by atoms with van der Waals surface area (Å²) in [5.41, 5.74) is 2.23. The van der Waals surface area contributed by atoms with E-state index >= 15 is 0 Å². The van der Waals surface area contributed by atoms with E-state index < -0.39 is 4.92 Å². The third-order valence-corrected chi connectivity index (χ3v) is 3.50. The second kappa shape index (κ2) is 9.66. The summed E-state index contributed by atoms with van der Waals surface area (Å²) in [5, 5.41) is 16.2. The molecule has 0 aliphatic carbocycles. The molecule has 21 heavy (non-hydrogen) atoms. The maximum Gasteiger partial charge on any atom is 0.274 e. The van der Waals surface area contributed by atoms with Gasteiger partial charge in [-0.05, 0) is 18.6 Å². The number of nitrogens with one attached hydrogen (secondary N) is 2. The summed E-state index contributed by atoms with van der Waals surface area (Å²) in [6.07, 6.45) is 7.77. The largest absolute Gasteiger partial charge is 0.366 e. The van der Waals surface area contributed by atoms with Gasteiger partial charge in [0.2, 0.25) is 0 Å². The lowest BCUT2D eigenvalue weighted by atomic mass is 10.2. The number of nitrogens with zero attached hydrogens (tertiary/aromatic N) is 2. The Morgan fingerprint density at radius 3 is 3.10 bits per heavy atom. The molecule has 1 rings (SSSR count). The van der Waals surface area contributed by atoms with Crippen LogP contribution >= 0.6 is 11.8 Å². The molecule has 0 unspecified atom stereocenters. The van der Waals surface area contributed by atoms with Crippen molar-refractivity contribution < 1.29 is 4.92 Å². The zero-order valence-corrected chi connectivity index (χ0v) is 12.7. The van der Waals surface area contributed by atoms with Crippen LogP contribution in [0.2, 0.25) is 0 Å². The van der Waals surface area contributed by atoms with Crippen molar-refractivity contribution >= 4 is 11.8 Å². The number of aromatic nitrogens is 1. The number of hydrogen-bond acceptors (Lipinski definition) is 6. The fourth-order valence-electron chi connectivity index (χ4n) is 1.50. The Morgan fingerprint density at radius 1 is 1.62 bits per heavy atom. The average molecular weight is 306 g/mol. The zero-order chi connectivity index (χ0) is 15.5. The van der Waals surface area contributed by atoms with Crippen molar-refractivity contribution in [2.75, 3.05) is 18.8 Å². The van der Waals surface area contributed by atoms with Crippen LogP contribution in [0, 0.1) is 29.4 Å². The number of nitro groups is 1. The van der Waals surface area contributed by atoms with Crippen LogP contribution in [0.4, 0.5) is 0 Å².